The molecule has 0 saturated heterocycles. The molecule has 5 heteroatoms. The molecule has 0 bridgehead atoms. The van der Waals surface area contributed by atoms with Crippen molar-refractivity contribution in [3.05, 3.63) is 23.4 Å². The lowest BCUT2D eigenvalue weighted by Gasteiger charge is -2.15. The van der Waals surface area contributed by atoms with Crippen LogP contribution in [0.1, 0.15) is 11.3 Å². The number of aromatic nitrogens is 1. The van der Waals surface area contributed by atoms with Crippen LogP contribution in [0, 0.1) is 0 Å². The van der Waals surface area contributed by atoms with Crippen LogP contribution in [0.4, 0.5) is 0 Å². The SMILES string of the molecule is O=POc1ccc2c(n1)CCNC2. The van der Waals surface area contributed by atoms with Gasteiger partial charge in [0.1, 0.15) is 0 Å². The minimum absolute atomic E-state index is 0.351. The van der Waals surface area contributed by atoms with Gasteiger partial charge in [-0.15, -0.1) is 0 Å². The molecule has 0 aliphatic carbocycles. The summed E-state index contributed by atoms with van der Waals surface area (Å²) in [7, 11) is -0.351. The van der Waals surface area contributed by atoms with Gasteiger partial charge in [0, 0.05) is 25.6 Å². The second-order valence-electron chi connectivity index (χ2n) is 2.85. The molecule has 1 aromatic heterocycles. The van der Waals surface area contributed by atoms with Gasteiger partial charge in [0.05, 0.1) is 5.69 Å². The van der Waals surface area contributed by atoms with Crippen LogP contribution in [0.2, 0.25) is 0 Å². The van der Waals surface area contributed by atoms with Crippen molar-refractivity contribution in [1.82, 2.24) is 10.3 Å². The van der Waals surface area contributed by atoms with E-state index in [0.29, 0.717) is 5.88 Å². The van der Waals surface area contributed by atoms with Crippen molar-refractivity contribution in [3.63, 3.8) is 0 Å². The molecule has 0 saturated carbocycles. The molecule has 0 aromatic carbocycles. The van der Waals surface area contributed by atoms with E-state index in [4.69, 9.17) is 4.52 Å². The van der Waals surface area contributed by atoms with Gasteiger partial charge in [0.2, 0.25) is 5.88 Å². The Labute approximate surface area is 77.6 Å². The number of fused-ring (bicyclic) bond motifs is 1. The van der Waals surface area contributed by atoms with E-state index in [-0.39, 0.29) is 8.69 Å². The van der Waals surface area contributed by atoms with Crippen molar-refractivity contribution < 1.29 is 9.09 Å². The van der Waals surface area contributed by atoms with E-state index < -0.39 is 0 Å². The van der Waals surface area contributed by atoms with Crippen molar-refractivity contribution in [2.24, 2.45) is 0 Å². The number of hydrogen-bond acceptors (Lipinski definition) is 4. The smallest absolute Gasteiger partial charge is 0.388 e. The van der Waals surface area contributed by atoms with Crippen molar-refractivity contribution in [2.75, 3.05) is 6.54 Å². The zero-order chi connectivity index (χ0) is 9.10. The molecule has 0 atom stereocenters. The summed E-state index contributed by atoms with van der Waals surface area (Å²) in [6, 6.07) is 3.69. The Balaban J connectivity index is 2.29. The highest BCUT2D eigenvalue weighted by Crippen LogP contribution is 2.18. The van der Waals surface area contributed by atoms with Crippen LogP contribution in [-0.2, 0) is 17.5 Å². The van der Waals surface area contributed by atoms with Crippen LogP contribution in [0.3, 0.4) is 0 Å². The highest BCUT2D eigenvalue weighted by molar-refractivity contribution is 7.17. The van der Waals surface area contributed by atoms with E-state index in [9.17, 15) is 4.57 Å². The van der Waals surface area contributed by atoms with Gasteiger partial charge in [-0.2, -0.15) is 0 Å². The van der Waals surface area contributed by atoms with Gasteiger partial charge in [-0.3, -0.25) is 0 Å². The van der Waals surface area contributed by atoms with Gasteiger partial charge in [-0.25, -0.2) is 9.55 Å². The second-order valence-corrected chi connectivity index (χ2v) is 3.18. The topological polar surface area (TPSA) is 51.2 Å². The van der Waals surface area contributed by atoms with Crippen molar-refractivity contribution in [2.45, 2.75) is 13.0 Å². The summed E-state index contributed by atoms with van der Waals surface area (Å²) in [5.74, 6) is 0.428. The summed E-state index contributed by atoms with van der Waals surface area (Å²) >= 11 is 0. The molecule has 1 N–H and O–H groups in total. The number of nitrogens with zero attached hydrogens (tertiary/aromatic N) is 1. The monoisotopic (exact) mass is 196 g/mol. The molecule has 4 nitrogen and oxygen atoms in total. The number of nitrogens with one attached hydrogen (secondary N) is 1. The molecular weight excluding hydrogens is 187 g/mol. The first-order chi connectivity index (χ1) is 6.40. The Hall–Kier alpha value is -0.990. The minimum atomic E-state index is -0.351. The predicted molar refractivity (Wildman–Crippen MR) is 47.9 cm³/mol. The van der Waals surface area contributed by atoms with E-state index in [0.717, 1.165) is 25.2 Å². The van der Waals surface area contributed by atoms with Crippen LogP contribution in [0.15, 0.2) is 12.1 Å². The van der Waals surface area contributed by atoms with Crippen LogP contribution >= 0.6 is 8.69 Å². The lowest BCUT2D eigenvalue weighted by molar-refractivity contribution is 0.510. The van der Waals surface area contributed by atoms with Crippen molar-refractivity contribution >= 4 is 8.69 Å². The summed E-state index contributed by atoms with van der Waals surface area (Å²) in [5, 5.41) is 3.25. The van der Waals surface area contributed by atoms with Gasteiger partial charge in [0.25, 0.3) is 0 Å². The molecule has 1 aromatic rings. The van der Waals surface area contributed by atoms with E-state index in [1.807, 2.05) is 6.07 Å². The maximum Gasteiger partial charge on any atom is 0.397 e. The third kappa shape index (κ3) is 1.85. The van der Waals surface area contributed by atoms with Crippen LogP contribution in [-0.4, -0.2) is 11.5 Å². The van der Waals surface area contributed by atoms with E-state index in [1.165, 1.54) is 5.56 Å². The van der Waals surface area contributed by atoms with Gasteiger partial charge in [0.15, 0.2) is 0 Å². The standard InChI is InChI=1S/C8H9N2O2P/c11-13-12-8-2-1-6-5-9-4-3-7(6)10-8/h1-2,9H,3-5H2. The first kappa shape index (κ1) is 8.60. The molecule has 1 aliphatic heterocycles. The third-order valence-corrected chi connectivity index (χ3v) is 2.29. The summed E-state index contributed by atoms with van der Waals surface area (Å²) in [6.45, 7) is 1.80. The summed E-state index contributed by atoms with van der Waals surface area (Å²) in [5.41, 5.74) is 2.24. The van der Waals surface area contributed by atoms with Crippen LogP contribution in [0.5, 0.6) is 5.88 Å². The van der Waals surface area contributed by atoms with Crippen molar-refractivity contribution in [1.29, 1.82) is 0 Å². The zero-order valence-electron chi connectivity index (χ0n) is 6.99. The quantitative estimate of drug-likeness (QED) is 0.724. The number of pyridine rings is 1. The molecule has 13 heavy (non-hydrogen) atoms. The molecule has 0 spiro atoms. The summed E-state index contributed by atoms with van der Waals surface area (Å²) in [4.78, 5) is 4.23. The summed E-state index contributed by atoms with van der Waals surface area (Å²) < 4.78 is 14.9. The molecule has 1 aliphatic rings. The van der Waals surface area contributed by atoms with E-state index in [2.05, 4.69) is 10.3 Å². The molecular formula is C8H9N2O2P. The third-order valence-electron chi connectivity index (χ3n) is 2.03. The van der Waals surface area contributed by atoms with Gasteiger partial charge < -0.3 is 9.84 Å². The van der Waals surface area contributed by atoms with Crippen molar-refractivity contribution in [3.8, 4) is 5.88 Å². The first-order valence-corrected chi connectivity index (χ1v) is 4.82. The number of hydrogen-bond donors (Lipinski definition) is 1. The zero-order valence-corrected chi connectivity index (χ0v) is 7.88. The maximum absolute atomic E-state index is 10.2. The molecule has 68 valence electrons. The average Bonchev–Trinajstić information content (AvgIpc) is 2.18. The van der Waals surface area contributed by atoms with Gasteiger partial charge in [-0.05, 0) is 5.56 Å². The molecule has 0 amide bonds. The van der Waals surface area contributed by atoms with Gasteiger partial charge in [-0.1, -0.05) is 6.07 Å². The fourth-order valence-electron chi connectivity index (χ4n) is 1.41. The van der Waals surface area contributed by atoms with Gasteiger partial charge >= 0.3 is 8.69 Å². The normalized spacial score (nSPS) is 15.4. The Bertz CT molecular complexity index is 330. The fraction of sp³-hybridized carbons (Fsp3) is 0.375. The Kier molecular flexibility index (Phi) is 2.52. The minimum Gasteiger partial charge on any atom is -0.388 e. The summed E-state index contributed by atoms with van der Waals surface area (Å²) in [6.07, 6.45) is 0.905. The first-order valence-electron chi connectivity index (χ1n) is 4.09. The van der Waals surface area contributed by atoms with E-state index in [1.54, 1.807) is 6.07 Å². The highest BCUT2D eigenvalue weighted by atomic mass is 31.1. The average molecular weight is 196 g/mol. The molecule has 0 radical (unpaired) electrons. The Morgan fingerprint density at radius 2 is 2.46 bits per heavy atom. The Morgan fingerprint density at radius 3 is 3.31 bits per heavy atom. The Morgan fingerprint density at radius 1 is 1.54 bits per heavy atom. The largest absolute Gasteiger partial charge is 0.397 e. The lowest BCUT2D eigenvalue weighted by Crippen LogP contribution is -2.24. The lowest BCUT2D eigenvalue weighted by atomic mass is 10.1. The number of rotatable bonds is 2. The maximum atomic E-state index is 10.2. The molecule has 0 unspecified atom stereocenters. The second kappa shape index (κ2) is 3.81. The molecule has 2 rings (SSSR count). The molecule has 0 fully saturated rings. The van der Waals surface area contributed by atoms with Crippen LogP contribution < -0.4 is 9.84 Å². The molecule has 2 heterocycles. The highest BCUT2D eigenvalue weighted by Gasteiger charge is 2.10. The van der Waals surface area contributed by atoms with Crippen LogP contribution in [0.25, 0.3) is 0 Å². The van der Waals surface area contributed by atoms with E-state index >= 15 is 0 Å². The fourth-order valence-corrected chi connectivity index (χ4v) is 1.58. The predicted octanol–water partition coefficient (Wildman–Crippen LogP) is 1.31.